The van der Waals surface area contributed by atoms with Crippen molar-refractivity contribution < 1.29 is 42.9 Å². The standard InChI is InChI=1S/C59H68F2N10O7S/c1-7-43-46(60)19-16-37-23-41(72)24-44(49(37)43)51-50(61)52-45(26-62-51)55(70-27-38-17-18-39(28-70)65-38)68-58(67-52)78-30-40-11-10-21-69(40)20-8-9-22-77-31-48(74)66-54(59(4,5)6)57(76)71-29-42(73)25-47(71)56(75)64-33(2)35-12-14-36(15-13-35)53-34(3)63-32-79-53/h1,12-16,19,23-24,26,32-33,38-40,42,47,54,65,72-73H,8-11,17-18,20-22,25,27-31H2,2-6H3,(H,64,75)(H,66,74)/t33-,38-,39+,40-,42+,47-,54+/m0/s1. The summed E-state index contributed by atoms with van der Waals surface area (Å²) in [5.41, 5.74) is 3.86. The summed E-state index contributed by atoms with van der Waals surface area (Å²) in [7, 11) is 0. The summed E-state index contributed by atoms with van der Waals surface area (Å²) in [4.78, 5) is 66.7. The van der Waals surface area contributed by atoms with Gasteiger partial charge in [-0.05, 0) is 106 Å². The van der Waals surface area contributed by atoms with Gasteiger partial charge in [0.05, 0.1) is 39.2 Å². The van der Waals surface area contributed by atoms with Crippen molar-refractivity contribution in [3.8, 4) is 45.8 Å². The van der Waals surface area contributed by atoms with Crippen LogP contribution in [0.4, 0.5) is 14.6 Å². The number of anilines is 1. The number of amides is 3. The van der Waals surface area contributed by atoms with Gasteiger partial charge in [-0.2, -0.15) is 9.97 Å². The molecule has 6 aromatic rings. The number of piperazine rings is 1. The lowest BCUT2D eigenvalue weighted by Crippen LogP contribution is -2.58. The van der Waals surface area contributed by atoms with Crippen LogP contribution in [0.5, 0.6) is 11.8 Å². The first kappa shape index (κ1) is 55.4. The zero-order valence-corrected chi connectivity index (χ0v) is 46.0. The lowest BCUT2D eigenvalue weighted by Gasteiger charge is -2.35. The predicted octanol–water partition coefficient (Wildman–Crippen LogP) is 7.19. The first-order valence-corrected chi connectivity index (χ1v) is 28.1. The van der Waals surface area contributed by atoms with Crippen LogP contribution in [0.1, 0.15) is 95.5 Å². The number of phenols is 1. The number of aryl methyl sites for hydroxylation is 1. The maximum Gasteiger partial charge on any atom is 0.319 e. The van der Waals surface area contributed by atoms with E-state index in [1.165, 1.54) is 35.4 Å². The molecule has 17 nitrogen and oxygen atoms in total. The van der Waals surface area contributed by atoms with E-state index in [0.29, 0.717) is 42.7 Å². The number of aromatic hydroxyl groups is 1. The highest BCUT2D eigenvalue weighted by Gasteiger charge is 2.45. The molecule has 0 spiro atoms. The van der Waals surface area contributed by atoms with Crippen LogP contribution in [-0.2, 0) is 19.1 Å². The third-order valence-electron chi connectivity index (χ3n) is 15.8. The number of nitrogens with one attached hydrogen (secondary N) is 3. The molecule has 3 aromatic heterocycles. The second kappa shape index (κ2) is 23.4. The van der Waals surface area contributed by atoms with Gasteiger partial charge in [0.2, 0.25) is 17.7 Å². The molecule has 4 fully saturated rings. The second-order valence-corrected chi connectivity index (χ2v) is 23.4. The molecule has 4 aliphatic heterocycles. The van der Waals surface area contributed by atoms with Crippen LogP contribution in [0.25, 0.3) is 43.4 Å². The van der Waals surface area contributed by atoms with Gasteiger partial charge in [0.1, 0.15) is 53.9 Å². The number of aliphatic hydroxyl groups is 1. The largest absolute Gasteiger partial charge is 0.508 e. The molecule has 79 heavy (non-hydrogen) atoms. The highest BCUT2D eigenvalue weighted by Crippen LogP contribution is 2.40. The van der Waals surface area contributed by atoms with Crippen LogP contribution in [0, 0.1) is 36.3 Å². The smallest absolute Gasteiger partial charge is 0.319 e. The van der Waals surface area contributed by atoms with Crippen molar-refractivity contribution in [1.29, 1.82) is 0 Å². The number of rotatable bonds is 18. The molecule has 3 amide bonds. The molecule has 416 valence electrons. The Morgan fingerprint density at radius 3 is 2.49 bits per heavy atom. The number of likely N-dealkylation sites (tertiary alicyclic amines) is 2. The van der Waals surface area contributed by atoms with E-state index >= 15 is 8.78 Å². The molecule has 2 bridgehead atoms. The summed E-state index contributed by atoms with van der Waals surface area (Å²) in [5, 5.41) is 32.0. The predicted molar refractivity (Wildman–Crippen MR) is 298 cm³/mol. The van der Waals surface area contributed by atoms with E-state index in [1.54, 1.807) is 11.3 Å². The number of aromatic nitrogens is 4. The van der Waals surface area contributed by atoms with Crippen molar-refractivity contribution in [1.82, 2.24) is 45.7 Å². The third kappa shape index (κ3) is 12.0. The number of hydrogen-bond donors (Lipinski definition) is 5. The van der Waals surface area contributed by atoms with Gasteiger partial charge < -0.3 is 45.4 Å². The van der Waals surface area contributed by atoms with Gasteiger partial charge in [0.15, 0.2) is 5.82 Å². The van der Waals surface area contributed by atoms with Crippen molar-refractivity contribution >= 4 is 56.6 Å². The highest BCUT2D eigenvalue weighted by molar-refractivity contribution is 7.13. The normalized spacial score (nSPS) is 21.1. The zero-order chi connectivity index (χ0) is 55.7. The number of terminal acetylenes is 1. The van der Waals surface area contributed by atoms with Crippen molar-refractivity contribution in [2.75, 3.05) is 57.4 Å². The number of phenolic OH excluding ortho intramolecular Hbond substituents is 1. The molecule has 7 atom stereocenters. The number of pyridine rings is 1. The number of halogens is 2. The first-order valence-electron chi connectivity index (χ1n) is 27.3. The van der Waals surface area contributed by atoms with E-state index in [-0.39, 0.29) is 95.7 Å². The monoisotopic (exact) mass is 1100 g/mol. The van der Waals surface area contributed by atoms with E-state index in [0.717, 1.165) is 66.9 Å². The first-order chi connectivity index (χ1) is 37.9. The van der Waals surface area contributed by atoms with E-state index in [2.05, 4.69) is 46.6 Å². The molecule has 0 saturated carbocycles. The summed E-state index contributed by atoms with van der Waals surface area (Å²) < 4.78 is 44.4. The van der Waals surface area contributed by atoms with Gasteiger partial charge in [-0.3, -0.25) is 24.3 Å². The highest BCUT2D eigenvalue weighted by atomic mass is 32.1. The Morgan fingerprint density at radius 1 is 1.00 bits per heavy atom. The number of aliphatic hydroxyl groups excluding tert-OH is 1. The van der Waals surface area contributed by atoms with Crippen LogP contribution in [-0.4, -0.2) is 147 Å². The van der Waals surface area contributed by atoms with Crippen LogP contribution in [0.2, 0.25) is 0 Å². The number of unbranched alkanes of at least 4 members (excludes halogenated alkanes) is 1. The average Bonchev–Trinajstić information content (AvgIpc) is 4.39. The topological polar surface area (TPSA) is 208 Å². The molecular weight excluding hydrogens is 1030 g/mol. The van der Waals surface area contributed by atoms with Crippen molar-refractivity contribution in [3.05, 3.63) is 88.7 Å². The summed E-state index contributed by atoms with van der Waals surface area (Å²) in [6.07, 6.45) is 11.8. The van der Waals surface area contributed by atoms with Crippen LogP contribution >= 0.6 is 11.3 Å². The fraction of sp³-hybridized carbons (Fsp3) is 0.475. The molecular formula is C59H68F2N10O7S. The van der Waals surface area contributed by atoms with Gasteiger partial charge in [0, 0.05) is 67.9 Å². The Morgan fingerprint density at radius 2 is 1.77 bits per heavy atom. The number of thiazole rings is 1. The van der Waals surface area contributed by atoms with Crippen molar-refractivity contribution in [3.63, 3.8) is 0 Å². The van der Waals surface area contributed by atoms with Crippen molar-refractivity contribution in [2.24, 2.45) is 5.41 Å². The number of β-amino-alcohol motifs (C(OH)–C–C–N with tert-alkyl or cyclic N) is 1. The zero-order valence-electron chi connectivity index (χ0n) is 45.2. The molecule has 20 heteroatoms. The Balaban J connectivity index is 0.734. The minimum absolute atomic E-state index is 0.0173. The lowest BCUT2D eigenvalue weighted by atomic mass is 9.85. The summed E-state index contributed by atoms with van der Waals surface area (Å²) in [6.45, 7) is 12.5. The Bertz CT molecular complexity index is 3280. The summed E-state index contributed by atoms with van der Waals surface area (Å²) in [6, 6.07) is 11.7. The minimum Gasteiger partial charge on any atom is -0.508 e. The minimum atomic E-state index is -0.990. The maximum absolute atomic E-state index is 17.1. The molecule has 0 aliphatic carbocycles. The molecule has 7 heterocycles. The van der Waals surface area contributed by atoms with E-state index < -0.39 is 47.1 Å². The second-order valence-electron chi connectivity index (χ2n) is 22.5. The number of hydrogen-bond acceptors (Lipinski definition) is 15. The van der Waals surface area contributed by atoms with Crippen LogP contribution in [0.15, 0.2) is 60.2 Å². The number of ether oxygens (including phenoxy) is 2. The van der Waals surface area contributed by atoms with E-state index in [1.807, 2.05) is 64.4 Å². The SMILES string of the molecule is C#Cc1c(F)ccc2cc(O)cc(-c3ncc4c(N5C[C@H]6CC[C@@H](C5)N6)nc(OC[C@@H]5CCCN5CCCCOCC(=O)N[C@H](C(=O)N5C[C@H](O)C[C@H]5C(=O)N[C@@H](C)c5ccc(-c6scnc6C)cc5)C(C)(C)C)nc4c3F)c12. The molecule has 0 radical (unpaired) electrons. The van der Waals surface area contributed by atoms with Gasteiger partial charge in [-0.1, -0.05) is 57.0 Å². The van der Waals surface area contributed by atoms with Gasteiger partial charge in [-0.25, -0.2) is 13.8 Å². The number of carbonyl (C=O) groups is 3. The quantitative estimate of drug-likeness (QED) is 0.0427. The summed E-state index contributed by atoms with van der Waals surface area (Å²) in [5.74, 6) is 0.00951. The molecule has 0 unspecified atom stereocenters. The van der Waals surface area contributed by atoms with Crippen LogP contribution in [0.3, 0.4) is 0 Å². The summed E-state index contributed by atoms with van der Waals surface area (Å²) >= 11 is 1.57. The Hall–Kier alpha value is -6.89. The molecule has 5 N–H and O–H groups in total. The van der Waals surface area contributed by atoms with Crippen molar-refractivity contribution in [2.45, 2.75) is 122 Å². The molecule has 10 rings (SSSR count). The number of fused-ring (bicyclic) bond motifs is 4. The fourth-order valence-electron chi connectivity index (χ4n) is 11.7. The molecule has 4 saturated heterocycles. The molecule has 3 aromatic carbocycles. The van der Waals surface area contributed by atoms with E-state index in [4.69, 9.17) is 20.9 Å². The number of nitrogens with zero attached hydrogens (tertiary/aromatic N) is 7. The average molecular weight is 1100 g/mol. The Labute approximate surface area is 462 Å². The van der Waals surface area contributed by atoms with Gasteiger partial charge in [-0.15, -0.1) is 17.8 Å². The maximum atomic E-state index is 17.1. The lowest BCUT2D eigenvalue weighted by molar-refractivity contribution is -0.144. The van der Waals surface area contributed by atoms with Crippen LogP contribution < -0.4 is 25.6 Å². The number of benzene rings is 3. The van der Waals surface area contributed by atoms with Gasteiger partial charge >= 0.3 is 6.01 Å². The third-order valence-corrected chi connectivity index (χ3v) is 16.8. The Kier molecular flexibility index (Phi) is 16.4. The number of carbonyl (C=O) groups excluding carboxylic acids is 3. The van der Waals surface area contributed by atoms with E-state index in [9.17, 15) is 24.6 Å². The molecule has 4 aliphatic rings. The fourth-order valence-corrected chi connectivity index (χ4v) is 12.5. The van der Waals surface area contributed by atoms with Gasteiger partial charge in [0.25, 0.3) is 0 Å².